The topological polar surface area (TPSA) is 95.2 Å². The second-order valence-corrected chi connectivity index (χ2v) is 5.84. The van der Waals surface area contributed by atoms with Gasteiger partial charge in [0.15, 0.2) is 5.69 Å². The number of aromatic nitrogens is 2. The largest absolute Gasteiger partial charge is 0.433 e. The molecule has 10 heteroatoms. The number of alkyl halides is 3. The normalized spacial score (nSPS) is 12.2. The Bertz CT molecular complexity index is 789. The van der Waals surface area contributed by atoms with Gasteiger partial charge in [0.1, 0.15) is 4.90 Å². The number of hydrogen-bond acceptors (Lipinski definition) is 6. The van der Waals surface area contributed by atoms with E-state index in [2.05, 4.69) is 14.2 Å². The van der Waals surface area contributed by atoms with Gasteiger partial charge in [0.2, 0.25) is 11.8 Å². The molecule has 2 N–H and O–H groups in total. The lowest BCUT2D eigenvalue weighted by Crippen LogP contribution is -2.15. The van der Waals surface area contributed by atoms with Gasteiger partial charge in [-0.1, -0.05) is 17.7 Å². The van der Waals surface area contributed by atoms with Crippen LogP contribution in [0.3, 0.4) is 0 Å². The Morgan fingerprint density at radius 3 is 2.27 bits per heavy atom. The zero-order chi connectivity index (χ0) is 16.5. The molecule has 6 nitrogen and oxygen atoms in total. The Morgan fingerprint density at radius 2 is 1.73 bits per heavy atom. The number of nitrogen functional groups attached to an aromatic ring is 1. The molecule has 0 amide bonds. The van der Waals surface area contributed by atoms with Crippen molar-refractivity contribution in [3.8, 4) is 5.88 Å². The number of halogens is 3. The Morgan fingerprint density at radius 1 is 1.14 bits per heavy atom. The van der Waals surface area contributed by atoms with E-state index in [4.69, 9.17) is 5.73 Å². The summed E-state index contributed by atoms with van der Waals surface area (Å²) in [5.74, 6) is -1.55. The van der Waals surface area contributed by atoms with Crippen molar-refractivity contribution in [1.29, 1.82) is 0 Å². The van der Waals surface area contributed by atoms with Gasteiger partial charge in [0.25, 0.3) is 0 Å². The first-order chi connectivity index (χ1) is 10.1. The molecule has 1 aromatic heterocycles. The monoisotopic (exact) mass is 333 g/mol. The quantitative estimate of drug-likeness (QED) is 0.865. The van der Waals surface area contributed by atoms with Crippen molar-refractivity contribution in [2.45, 2.75) is 18.0 Å². The van der Waals surface area contributed by atoms with E-state index in [0.29, 0.717) is 6.07 Å². The predicted molar refractivity (Wildman–Crippen MR) is 70.4 cm³/mol. The average Bonchev–Trinajstić information content (AvgIpc) is 2.36. The highest BCUT2D eigenvalue weighted by Gasteiger charge is 2.34. The first kappa shape index (κ1) is 16.0. The molecule has 0 aliphatic rings. The lowest BCUT2D eigenvalue weighted by molar-refractivity contribution is -0.141. The van der Waals surface area contributed by atoms with Crippen molar-refractivity contribution < 1.29 is 25.8 Å². The number of nitrogens with two attached hydrogens (primary N) is 1. The molecule has 0 aliphatic heterocycles. The van der Waals surface area contributed by atoms with Gasteiger partial charge in [0, 0.05) is 6.07 Å². The van der Waals surface area contributed by atoms with Gasteiger partial charge in [-0.05, 0) is 19.1 Å². The standard InChI is InChI=1S/C12H10F3N3O3S/c1-7-2-4-8(5-3-7)22(19,20)21-10-6-9(12(13,14)15)17-11(16)18-10/h2-6H,1H3,(H2,16,17,18). The van der Waals surface area contributed by atoms with Gasteiger partial charge < -0.3 is 9.92 Å². The van der Waals surface area contributed by atoms with E-state index in [0.717, 1.165) is 5.56 Å². The van der Waals surface area contributed by atoms with Gasteiger partial charge in [0.05, 0.1) is 0 Å². The minimum atomic E-state index is -4.80. The van der Waals surface area contributed by atoms with E-state index in [9.17, 15) is 21.6 Å². The van der Waals surface area contributed by atoms with Crippen LogP contribution in [-0.4, -0.2) is 18.4 Å². The Hall–Kier alpha value is -2.36. The average molecular weight is 333 g/mol. The van der Waals surface area contributed by atoms with E-state index in [1.165, 1.54) is 24.3 Å². The summed E-state index contributed by atoms with van der Waals surface area (Å²) in [6.07, 6.45) is -4.80. The van der Waals surface area contributed by atoms with Gasteiger partial charge >= 0.3 is 16.3 Å². The number of rotatable bonds is 3. The minimum Gasteiger partial charge on any atom is -0.368 e. The van der Waals surface area contributed by atoms with E-state index in [1.54, 1.807) is 6.92 Å². The highest BCUT2D eigenvalue weighted by atomic mass is 32.2. The van der Waals surface area contributed by atoms with Crippen LogP contribution in [0.5, 0.6) is 5.88 Å². The van der Waals surface area contributed by atoms with E-state index in [1.807, 2.05) is 0 Å². The second kappa shape index (κ2) is 5.44. The fraction of sp³-hybridized carbons (Fsp3) is 0.167. The summed E-state index contributed by atoms with van der Waals surface area (Å²) in [5, 5.41) is 0. The SMILES string of the molecule is Cc1ccc(S(=O)(=O)Oc2cc(C(F)(F)F)nc(N)n2)cc1. The summed E-state index contributed by atoms with van der Waals surface area (Å²) in [6, 6.07) is 5.93. The molecule has 0 atom stereocenters. The molecule has 0 bridgehead atoms. The second-order valence-electron chi connectivity index (χ2n) is 4.30. The molecule has 0 unspecified atom stereocenters. The Labute approximate surface area is 123 Å². The van der Waals surface area contributed by atoms with Crippen molar-refractivity contribution in [3.05, 3.63) is 41.6 Å². The molecule has 1 aromatic carbocycles. The minimum absolute atomic E-state index is 0.219. The molecule has 22 heavy (non-hydrogen) atoms. The fourth-order valence-electron chi connectivity index (χ4n) is 1.50. The number of hydrogen-bond donors (Lipinski definition) is 1. The van der Waals surface area contributed by atoms with Crippen molar-refractivity contribution in [2.24, 2.45) is 0 Å². The molecule has 0 saturated carbocycles. The van der Waals surface area contributed by atoms with Crippen LogP contribution in [0.1, 0.15) is 11.3 Å². The summed E-state index contributed by atoms with van der Waals surface area (Å²) >= 11 is 0. The van der Waals surface area contributed by atoms with Crippen LogP contribution in [0.15, 0.2) is 35.2 Å². The van der Waals surface area contributed by atoms with Crippen molar-refractivity contribution in [2.75, 3.05) is 5.73 Å². The molecule has 0 aliphatic carbocycles. The molecule has 0 saturated heterocycles. The third-order valence-corrected chi connectivity index (χ3v) is 3.75. The summed E-state index contributed by atoms with van der Waals surface area (Å²) in [6.45, 7) is 1.75. The fourth-order valence-corrected chi connectivity index (χ4v) is 2.37. The van der Waals surface area contributed by atoms with E-state index < -0.39 is 33.8 Å². The summed E-state index contributed by atoms with van der Waals surface area (Å²) in [7, 11) is -4.32. The zero-order valence-electron chi connectivity index (χ0n) is 11.1. The highest BCUT2D eigenvalue weighted by Crippen LogP contribution is 2.30. The first-order valence-electron chi connectivity index (χ1n) is 5.81. The van der Waals surface area contributed by atoms with Crippen LogP contribution >= 0.6 is 0 Å². The van der Waals surface area contributed by atoms with Gasteiger partial charge in [-0.25, -0.2) is 4.98 Å². The maximum absolute atomic E-state index is 12.6. The first-order valence-corrected chi connectivity index (χ1v) is 7.22. The number of anilines is 1. The zero-order valence-corrected chi connectivity index (χ0v) is 11.9. The molecule has 0 spiro atoms. The predicted octanol–water partition coefficient (Wildman–Crippen LogP) is 2.15. The summed E-state index contributed by atoms with van der Waals surface area (Å²) < 4.78 is 66.3. The number of aryl methyl sites for hydroxylation is 1. The van der Waals surface area contributed by atoms with Crippen LogP contribution in [-0.2, 0) is 16.3 Å². The molecule has 1 heterocycles. The third kappa shape index (κ3) is 3.64. The van der Waals surface area contributed by atoms with E-state index >= 15 is 0 Å². The maximum atomic E-state index is 12.6. The van der Waals surface area contributed by atoms with Crippen LogP contribution in [0.4, 0.5) is 19.1 Å². The van der Waals surface area contributed by atoms with E-state index in [-0.39, 0.29) is 4.90 Å². The van der Waals surface area contributed by atoms with Crippen molar-refractivity contribution >= 4 is 16.1 Å². The third-order valence-electron chi connectivity index (χ3n) is 2.52. The van der Waals surface area contributed by atoms with Crippen LogP contribution in [0, 0.1) is 6.92 Å². The Kier molecular flexibility index (Phi) is 3.96. The molecule has 2 rings (SSSR count). The maximum Gasteiger partial charge on any atom is 0.433 e. The molecule has 0 fully saturated rings. The van der Waals surface area contributed by atoms with Crippen molar-refractivity contribution in [1.82, 2.24) is 9.97 Å². The number of benzene rings is 1. The lowest BCUT2D eigenvalue weighted by Gasteiger charge is -2.10. The van der Waals surface area contributed by atoms with Crippen LogP contribution in [0.2, 0.25) is 0 Å². The molecule has 118 valence electrons. The van der Waals surface area contributed by atoms with Gasteiger partial charge in [-0.2, -0.15) is 26.6 Å². The number of nitrogens with zero attached hydrogens (tertiary/aromatic N) is 2. The molecule has 0 radical (unpaired) electrons. The lowest BCUT2D eigenvalue weighted by atomic mass is 10.2. The smallest absolute Gasteiger partial charge is 0.368 e. The highest BCUT2D eigenvalue weighted by molar-refractivity contribution is 7.87. The molecular formula is C12H10F3N3O3S. The van der Waals surface area contributed by atoms with Gasteiger partial charge in [-0.15, -0.1) is 0 Å². The van der Waals surface area contributed by atoms with Crippen molar-refractivity contribution in [3.63, 3.8) is 0 Å². The van der Waals surface area contributed by atoms with Crippen LogP contribution in [0.25, 0.3) is 0 Å². The summed E-state index contributed by atoms with van der Waals surface area (Å²) in [5.41, 5.74) is 4.55. The van der Waals surface area contributed by atoms with Crippen LogP contribution < -0.4 is 9.92 Å². The molecular weight excluding hydrogens is 323 g/mol. The van der Waals surface area contributed by atoms with Gasteiger partial charge in [-0.3, -0.25) is 0 Å². The summed E-state index contributed by atoms with van der Waals surface area (Å²) in [4.78, 5) is 6.11. The Balaban J connectivity index is 2.38. The molecule has 2 aromatic rings.